The van der Waals surface area contributed by atoms with Gasteiger partial charge in [-0.05, 0) is 18.2 Å². The third-order valence-corrected chi connectivity index (χ3v) is 2.31. The summed E-state index contributed by atoms with van der Waals surface area (Å²) in [6, 6.07) is 5.48. The molecule has 0 spiro atoms. The van der Waals surface area contributed by atoms with Crippen molar-refractivity contribution < 1.29 is 9.84 Å². The number of rotatable bonds is 1. The van der Waals surface area contributed by atoms with Crippen LogP contribution in [-0.4, -0.2) is 18.3 Å². The summed E-state index contributed by atoms with van der Waals surface area (Å²) >= 11 is 5.81. The van der Waals surface area contributed by atoms with E-state index < -0.39 is 0 Å². The standard InChI is InChI=1S/C9H9ClO2/c10-7-1-2-9-8(3-7)6(4-11)5-12-9/h1-3,6,11H,4-5H2. The molecule has 1 aliphatic heterocycles. The summed E-state index contributed by atoms with van der Waals surface area (Å²) in [5.41, 5.74) is 1.02. The van der Waals surface area contributed by atoms with Gasteiger partial charge in [-0.15, -0.1) is 0 Å². The fourth-order valence-electron chi connectivity index (χ4n) is 1.40. The van der Waals surface area contributed by atoms with Gasteiger partial charge in [-0.25, -0.2) is 0 Å². The molecule has 64 valence electrons. The van der Waals surface area contributed by atoms with E-state index in [9.17, 15) is 0 Å². The summed E-state index contributed by atoms with van der Waals surface area (Å²) in [5, 5.41) is 9.67. The van der Waals surface area contributed by atoms with E-state index in [0.29, 0.717) is 11.6 Å². The average molecular weight is 185 g/mol. The maximum atomic E-state index is 8.98. The van der Waals surface area contributed by atoms with Crippen LogP contribution in [0.15, 0.2) is 18.2 Å². The fraction of sp³-hybridized carbons (Fsp3) is 0.333. The zero-order valence-electron chi connectivity index (χ0n) is 6.46. The molecule has 0 saturated carbocycles. The number of hydrogen-bond donors (Lipinski definition) is 1. The lowest BCUT2D eigenvalue weighted by Crippen LogP contribution is -2.04. The quantitative estimate of drug-likeness (QED) is 0.722. The van der Waals surface area contributed by atoms with Crippen molar-refractivity contribution in [3.8, 4) is 5.75 Å². The summed E-state index contributed by atoms with van der Waals surface area (Å²) in [5.74, 6) is 0.942. The second-order valence-corrected chi connectivity index (χ2v) is 3.31. The second-order valence-electron chi connectivity index (χ2n) is 2.87. The topological polar surface area (TPSA) is 29.5 Å². The van der Waals surface area contributed by atoms with Gasteiger partial charge in [0.1, 0.15) is 5.75 Å². The van der Waals surface area contributed by atoms with Crippen molar-refractivity contribution in [1.29, 1.82) is 0 Å². The minimum absolute atomic E-state index is 0.0960. The molecule has 0 aromatic heterocycles. The van der Waals surface area contributed by atoms with Crippen LogP contribution in [-0.2, 0) is 0 Å². The van der Waals surface area contributed by atoms with Crippen LogP contribution in [0.1, 0.15) is 11.5 Å². The van der Waals surface area contributed by atoms with Crippen molar-refractivity contribution in [3.63, 3.8) is 0 Å². The second kappa shape index (κ2) is 2.96. The monoisotopic (exact) mass is 184 g/mol. The lowest BCUT2D eigenvalue weighted by molar-refractivity contribution is 0.232. The highest BCUT2D eigenvalue weighted by atomic mass is 35.5. The molecule has 1 unspecified atom stereocenters. The van der Waals surface area contributed by atoms with E-state index in [4.69, 9.17) is 21.4 Å². The predicted molar refractivity (Wildman–Crippen MR) is 46.8 cm³/mol. The Morgan fingerprint density at radius 2 is 2.42 bits per heavy atom. The highest BCUT2D eigenvalue weighted by molar-refractivity contribution is 6.30. The molecule has 1 N–H and O–H groups in total. The molecular weight excluding hydrogens is 176 g/mol. The Labute approximate surface area is 75.7 Å². The molecule has 1 aromatic rings. The Morgan fingerprint density at radius 1 is 1.58 bits per heavy atom. The predicted octanol–water partition coefficient (Wildman–Crippen LogP) is 1.81. The number of benzene rings is 1. The lowest BCUT2D eigenvalue weighted by atomic mass is 10.0. The van der Waals surface area contributed by atoms with Gasteiger partial charge < -0.3 is 9.84 Å². The van der Waals surface area contributed by atoms with Gasteiger partial charge in [0.05, 0.1) is 13.2 Å². The van der Waals surface area contributed by atoms with Crippen molar-refractivity contribution in [2.45, 2.75) is 5.92 Å². The maximum Gasteiger partial charge on any atom is 0.123 e. The van der Waals surface area contributed by atoms with Crippen LogP contribution >= 0.6 is 11.6 Å². The van der Waals surface area contributed by atoms with E-state index in [-0.39, 0.29) is 12.5 Å². The van der Waals surface area contributed by atoms with Crippen LogP contribution in [0.2, 0.25) is 5.02 Å². The average Bonchev–Trinajstić information content (AvgIpc) is 2.46. The number of ether oxygens (including phenoxy) is 1. The van der Waals surface area contributed by atoms with Crippen molar-refractivity contribution in [1.82, 2.24) is 0 Å². The fourth-order valence-corrected chi connectivity index (χ4v) is 1.58. The zero-order chi connectivity index (χ0) is 8.55. The first-order chi connectivity index (χ1) is 5.81. The highest BCUT2D eigenvalue weighted by Crippen LogP contribution is 2.35. The van der Waals surface area contributed by atoms with Crippen molar-refractivity contribution in [2.24, 2.45) is 0 Å². The smallest absolute Gasteiger partial charge is 0.123 e. The van der Waals surface area contributed by atoms with Gasteiger partial charge in [0.15, 0.2) is 0 Å². The van der Waals surface area contributed by atoms with Crippen LogP contribution in [0, 0.1) is 0 Å². The van der Waals surface area contributed by atoms with E-state index in [1.54, 1.807) is 6.07 Å². The molecule has 1 heterocycles. The van der Waals surface area contributed by atoms with Crippen LogP contribution in [0.25, 0.3) is 0 Å². The molecule has 1 aliphatic rings. The van der Waals surface area contributed by atoms with E-state index in [1.807, 2.05) is 12.1 Å². The third kappa shape index (κ3) is 1.17. The number of halogens is 1. The normalized spacial score (nSPS) is 20.3. The first kappa shape index (κ1) is 7.90. The van der Waals surface area contributed by atoms with Gasteiger partial charge >= 0.3 is 0 Å². The van der Waals surface area contributed by atoms with Gasteiger partial charge in [-0.3, -0.25) is 0 Å². The number of hydrogen-bond acceptors (Lipinski definition) is 2. The molecule has 0 aliphatic carbocycles. The Morgan fingerprint density at radius 3 is 3.17 bits per heavy atom. The maximum absolute atomic E-state index is 8.98. The highest BCUT2D eigenvalue weighted by Gasteiger charge is 2.23. The molecule has 0 amide bonds. The van der Waals surface area contributed by atoms with Gasteiger partial charge in [0.2, 0.25) is 0 Å². The van der Waals surface area contributed by atoms with Crippen LogP contribution < -0.4 is 4.74 Å². The van der Waals surface area contributed by atoms with Gasteiger partial charge in [0, 0.05) is 16.5 Å². The zero-order valence-corrected chi connectivity index (χ0v) is 7.21. The molecule has 1 aromatic carbocycles. The molecule has 0 saturated heterocycles. The first-order valence-electron chi connectivity index (χ1n) is 3.84. The SMILES string of the molecule is OCC1COc2ccc(Cl)cc21. The van der Waals surface area contributed by atoms with Gasteiger partial charge in [0.25, 0.3) is 0 Å². The summed E-state index contributed by atoms with van der Waals surface area (Å²) in [6.07, 6.45) is 0. The van der Waals surface area contributed by atoms with Crippen LogP contribution in [0.4, 0.5) is 0 Å². The Balaban J connectivity index is 2.42. The molecule has 0 bridgehead atoms. The van der Waals surface area contributed by atoms with Crippen LogP contribution in [0.3, 0.4) is 0 Å². The first-order valence-corrected chi connectivity index (χ1v) is 4.22. The molecule has 2 rings (SSSR count). The minimum atomic E-state index is 0.0960. The Bertz CT molecular complexity index is 299. The molecule has 0 radical (unpaired) electrons. The van der Waals surface area contributed by atoms with Gasteiger partial charge in [-0.1, -0.05) is 11.6 Å². The summed E-state index contributed by atoms with van der Waals surface area (Å²) < 4.78 is 5.34. The van der Waals surface area contributed by atoms with E-state index in [1.165, 1.54) is 0 Å². The lowest BCUT2D eigenvalue weighted by Gasteiger charge is -2.02. The van der Waals surface area contributed by atoms with Crippen molar-refractivity contribution in [3.05, 3.63) is 28.8 Å². The van der Waals surface area contributed by atoms with Gasteiger partial charge in [-0.2, -0.15) is 0 Å². The Kier molecular flexibility index (Phi) is 1.95. The van der Waals surface area contributed by atoms with Crippen molar-refractivity contribution >= 4 is 11.6 Å². The molecule has 1 atom stereocenters. The number of aliphatic hydroxyl groups excluding tert-OH is 1. The molecule has 2 nitrogen and oxygen atoms in total. The summed E-state index contributed by atoms with van der Waals surface area (Å²) in [6.45, 7) is 0.680. The summed E-state index contributed by atoms with van der Waals surface area (Å²) in [7, 11) is 0. The van der Waals surface area contributed by atoms with Crippen molar-refractivity contribution in [2.75, 3.05) is 13.2 Å². The summed E-state index contributed by atoms with van der Waals surface area (Å²) in [4.78, 5) is 0. The molecule has 12 heavy (non-hydrogen) atoms. The number of fused-ring (bicyclic) bond motifs is 1. The minimum Gasteiger partial charge on any atom is -0.493 e. The number of aliphatic hydroxyl groups is 1. The van der Waals surface area contributed by atoms with E-state index >= 15 is 0 Å². The molecule has 3 heteroatoms. The Hall–Kier alpha value is -0.730. The van der Waals surface area contributed by atoms with E-state index in [2.05, 4.69) is 0 Å². The third-order valence-electron chi connectivity index (χ3n) is 2.07. The van der Waals surface area contributed by atoms with Crippen LogP contribution in [0.5, 0.6) is 5.75 Å². The molecular formula is C9H9ClO2. The van der Waals surface area contributed by atoms with E-state index in [0.717, 1.165) is 11.3 Å². The largest absolute Gasteiger partial charge is 0.493 e. The molecule has 0 fully saturated rings.